The van der Waals surface area contributed by atoms with Gasteiger partial charge in [0.2, 0.25) is 0 Å². The van der Waals surface area contributed by atoms with Gasteiger partial charge in [-0.1, -0.05) is 6.92 Å². The molecule has 0 amide bonds. The summed E-state index contributed by atoms with van der Waals surface area (Å²) in [5.41, 5.74) is 2.04. The molecule has 0 fully saturated rings. The molecule has 0 spiro atoms. The van der Waals surface area contributed by atoms with Crippen LogP contribution in [0.1, 0.15) is 25.0 Å². The van der Waals surface area contributed by atoms with E-state index in [0.717, 1.165) is 22.6 Å². The molecule has 0 aliphatic heterocycles. The molecule has 3 heteroatoms. The molecule has 1 aromatic rings. The number of carbonyl (C=O) groups is 1. The van der Waals surface area contributed by atoms with Crippen LogP contribution in [0.15, 0.2) is 12.1 Å². The van der Waals surface area contributed by atoms with Crippen molar-refractivity contribution in [2.24, 2.45) is 5.92 Å². The predicted octanol–water partition coefficient (Wildman–Crippen LogP) is 2.78. The summed E-state index contributed by atoms with van der Waals surface area (Å²) in [5, 5.41) is 0. The molecule has 1 unspecified atom stereocenters. The van der Waals surface area contributed by atoms with E-state index in [9.17, 15) is 4.79 Å². The lowest BCUT2D eigenvalue weighted by Crippen LogP contribution is -2.10. The number of hydrogen-bond donors (Lipinski definition) is 0. The summed E-state index contributed by atoms with van der Waals surface area (Å²) < 4.78 is 10.6. The van der Waals surface area contributed by atoms with Gasteiger partial charge in [0.05, 0.1) is 14.2 Å². The van der Waals surface area contributed by atoms with E-state index in [4.69, 9.17) is 9.47 Å². The minimum atomic E-state index is -0.00341. The van der Waals surface area contributed by atoms with E-state index in [1.54, 1.807) is 21.1 Å². The first kappa shape index (κ1) is 13.6. The van der Waals surface area contributed by atoms with E-state index in [2.05, 4.69) is 0 Å². The van der Waals surface area contributed by atoms with Crippen molar-refractivity contribution >= 4 is 5.78 Å². The van der Waals surface area contributed by atoms with E-state index < -0.39 is 0 Å². The largest absolute Gasteiger partial charge is 0.496 e. The Morgan fingerprint density at radius 2 is 1.82 bits per heavy atom. The van der Waals surface area contributed by atoms with Gasteiger partial charge >= 0.3 is 0 Å². The zero-order valence-electron chi connectivity index (χ0n) is 11.2. The van der Waals surface area contributed by atoms with E-state index in [-0.39, 0.29) is 11.7 Å². The predicted molar refractivity (Wildman–Crippen MR) is 67.8 cm³/mol. The van der Waals surface area contributed by atoms with Gasteiger partial charge in [-0.05, 0) is 43.5 Å². The molecule has 0 radical (unpaired) electrons. The fraction of sp³-hybridized carbons (Fsp3) is 0.500. The van der Waals surface area contributed by atoms with Crippen molar-refractivity contribution in [1.82, 2.24) is 0 Å². The molecular formula is C14H20O3. The number of rotatable bonds is 5. The van der Waals surface area contributed by atoms with Crippen molar-refractivity contribution in [3.63, 3.8) is 0 Å². The minimum Gasteiger partial charge on any atom is -0.496 e. The van der Waals surface area contributed by atoms with Crippen molar-refractivity contribution in [2.75, 3.05) is 14.2 Å². The first-order chi connectivity index (χ1) is 7.99. The first-order valence-corrected chi connectivity index (χ1v) is 5.71. The number of methoxy groups -OCH3 is 2. The van der Waals surface area contributed by atoms with Crippen LogP contribution in [0, 0.1) is 12.8 Å². The van der Waals surface area contributed by atoms with Crippen LogP contribution in [0.2, 0.25) is 0 Å². The lowest BCUT2D eigenvalue weighted by Gasteiger charge is -2.15. The summed E-state index contributed by atoms with van der Waals surface area (Å²) in [5.74, 6) is 1.83. The van der Waals surface area contributed by atoms with Gasteiger partial charge in [-0.25, -0.2) is 0 Å². The van der Waals surface area contributed by atoms with E-state index in [1.807, 2.05) is 26.0 Å². The van der Waals surface area contributed by atoms with Gasteiger partial charge < -0.3 is 9.47 Å². The highest BCUT2D eigenvalue weighted by molar-refractivity contribution is 5.78. The molecule has 17 heavy (non-hydrogen) atoms. The molecule has 1 aromatic carbocycles. The summed E-state index contributed by atoms with van der Waals surface area (Å²) in [4.78, 5) is 11.3. The Labute approximate surface area is 103 Å². The maximum absolute atomic E-state index is 11.3. The lowest BCUT2D eigenvalue weighted by atomic mass is 9.96. The van der Waals surface area contributed by atoms with Crippen LogP contribution >= 0.6 is 0 Å². The molecule has 0 aliphatic rings. The molecule has 0 aromatic heterocycles. The highest BCUT2D eigenvalue weighted by Crippen LogP contribution is 2.30. The normalized spacial score (nSPS) is 12.1. The summed E-state index contributed by atoms with van der Waals surface area (Å²) in [6, 6.07) is 3.90. The van der Waals surface area contributed by atoms with Gasteiger partial charge in [-0.3, -0.25) is 4.79 Å². The summed E-state index contributed by atoms with van der Waals surface area (Å²) >= 11 is 0. The van der Waals surface area contributed by atoms with E-state index in [1.165, 1.54) is 0 Å². The van der Waals surface area contributed by atoms with Crippen molar-refractivity contribution in [3.05, 3.63) is 23.3 Å². The Balaban J connectivity index is 3.08. The van der Waals surface area contributed by atoms with Gasteiger partial charge in [0, 0.05) is 5.92 Å². The van der Waals surface area contributed by atoms with Crippen LogP contribution in [0.4, 0.5) is 0 Å². The van der Waals surface area contributed by atoms with Crippen LogP contribution in [-0.2, 0) is 11.2 Å². The van der Waals surface area contributed by atoms with Crippen LogP contribution in [0.25, 0.3) is 0 Å². The third-order valence-corrected chi connectivity index (χ3v) is 3.02. The van der Waals surface area contributed by atoms with Crippen LogP contribution in [-0.4, -0.2) is 20.0 Å². The second-order valence-corrected chi connectivity index (χ2v) is 4.35. The summed E-state index contributed by atoms with van der Waals surface area (Å²) in [6.45, 7) is 5.51. The number of carbonyl (C=O) groups excluding carboxylic acids is 1. The second kappa shape index (κ2) is 5.71. The Kier molecular flexibility index (Phi) is 4.55. The fourth-order valence-corrected chi connectivity index (χ4v) is 1.75. The minimum absolute atomic E-state index is 0.00341. The number of hydrogen-bond acceptors (Lipinski definition) is 3. The van der Waals surface area contributed by atoms with Crippen LogP contribution in [0.5, 0.6) is 11.5 Å². The van der Waals surface area contributed by atoms with Gasteiger partial charge in [0.1, 0.15) is 17.3 Å². The number of ketones is 1. The Morgan fingerprint density at radius 1 is 1.24 bits per heavy atom. The molecule has 1 rings (SSSR count). The maximum Gasteiger partial charge on any atom is 0.132 e. The van der Waals surface area contributed by atoms with Crippen molar-refractivity contribution in [1.29, 1.82) is 0 Å². The number of Topliss-reactive ketones (excluding diaryl/α,β-unsaturated/α-hetero) is 1. The van der Waals surface area contributed by atoms with Crippen LogP contribution in [0.3, 0.4) is 0 Å². The average Bonchev–Trinajstić information content (AvgIpc) is 2.30. The Morgan fingerprint density at radius 3 is 2.29 bits per heavy atom. The van der Waals surface area contributed by atoms with Gasteiger partial charge in [0.25, 0.3) is 0 Å². The SMILES string of the molecule is COc1cc(CC(C)C(C)=O)c(OC)cc1C. The second-order valence-electron chi connectivity index (χ2n) is 4.35. The Bertz CT molecular complexity index is 410. The van der Waals surface area contributed by atoms with Gasteiger partial charge in [-0.2, -0.15) is 0 Å². The highest BCUT2D eigenvalue weighted by Gasteiger charge is 2.14. The van der Waals surface area contributed by atoms with E-state index >= 15 is 0 Å². The van der Waals surface area contributed by atoms with Crippen LogP contribution < -0.4 is 9.47 Å². The van der Waals surface area contributed by atoms with Crippen molar-refractivity contribution in [2.45, 2.75) is 27.2 Å². The molecule has 0 saturated heterocycles. The number of benzene rings is 1. The fourth-order valence-electron chi connectivity index (χ4n) is 1.75. The monoisotopic (exact) mass is 236 g/mol. The molecule has 0 aliphatic carbocycles. The quantitative estimate of drug-likeness (QED) is 0.788. The van der Waals surface area contributed by atoms with Gasteiger partial charge in [-0.15, -0.1) is 0 Å². The van der Waals surface area contributed by atoms with E-state index in [0.29, 0.717) is 6.42 Å². The van der Waals surface area contributed by atoms with Gasteiger partial charge in [0.15, 0.2) is 0 Å². The van der Waals surface area contributed by atoms with Crippen molar-refractivity contribution in [3.8, 4) is 11.5 Å². The lowest BCUT2D eigenvalue weighted by molar-refractivity contribution is -0.120. The zero-order chi connectivity index (χ0) is 13.0. The maximum atomic E-state index is 11.3. The zero-order valence-corrected chi connectivity index (χ0v) is 11.2. The number of ether oxygens (including phenoxy) is 2. The standard InChI is InChI=1S/C14H20O3/c1-9(11(3)15)6-12-8-13(16-4)10(2)7-14(12)17-5/h7-9H,6H2,1-5H3. The smallest absolute Gasteiger partial charge is 0.132 e. The third kappa shape index (κ3) is 3.22. The molecule has 1 atom stereocenters. The number of aryl methyl sites for hydroxylation is 1. The topological polar surface area (TPSA) is 35.5 Å². The van der Waals surface area contributed by atoms with Crippen molar-refractivity contribution < 1.29 is 14.3 Å². The first-order valence-electron chi connectivity index (χ1n) is 5.71. The molecular weight excluding hydrogens is 216 g/mol. The molecule has 94 valence electrons. The highest BCUT2D eigenvalue weighted by atomic mass is 16.5. The molecule has 0 heterocycles. The summed E-state index contributed by atoms with van der Waals surface area (Å²) in [6.07, 6.45) is 0.676. The summed E-state index contributed by atoms with van der Waals surface area (Å²) in [7, 11) is 3.29. The molecule has 3 nitrogen and oxygen atoms in total. The molecule has 0 N–H and O–H groups in total. The molecule has 0 saturated carbocycles. The third-order valence-electron chi connectivity index (χ3n) is 3.02. The average molecular weight is 236 g/mol. The Hall–Kier alpha value is -1.51. The molecule has 0 bridgehead atoms.